The Morgan fingerprint density at radius 3 is 2.06 bits per heavy atom. The van der Waals surface area contributed by atoms with Crippen LogP contribution in [0.4, 0.5) is 0 Å². The van der Waals surface area contributed by atoms with Gasteiger partial charge in [-0.3, -0.25) is 4.79 Å². The lowest BCUT2D eigenvalue weighted by molar-refractivity contribution is 0.0735. The molecule has 0 atom stereocenters. The highest BCUT2D eigenvalue weighted by Crippen LogP contribution is 2.31. The van der Waals surface area contributed by atoms with E-state index in [4.69, 9.17) is 4.98 Å². The van der Waals surface area contributed by atoms with Crippen LogP contribution in [0.3, 0.4) is 0 Å². The van der Waals surface area contributed by atoms with Gasteiger partial charge in [0.05, 0.1) is 20.8 Å². The van der Waals surface area contributed by atoms with E-state index in [2.05, 4.69) is 41.8 Å². The van der Waals surface area contributed by atoms with E-state index < -0.39 is 0 Å². The van der Waals surface area contributed by atoms with Gasteiger partial charge in [-0.15, -0.1) is 11.3 Å². The first kappa shape index (κ1) is 21.2. The molecule has 164 valence electrons. The highest BCUT2D eigenvalue weighted by atomic mass is 32.1. The number of thiophene rings is 1. The largest absolute Gasteiger partial charge is 0.329 e. The van der Waals surface area contributed by atoms with Gasteiger partial charge in [-0.25, -0.2) is 4.98 Å². The summed E-state index contributed by atoms with van der Waals surface area (Å²) in [5.41, 5.74) is 4.33. The zero-order valence-electron chi connectivity index (χ0n) is 18.5. The molecule has 0 aliphatic carbocycles. The van der Waals surface area contributed by atoms with Crippen LogP contribution in [0.25, 0.3) is 21.7 Å². The number of para-hydroxylation sites is 2. The summed E-state index contributed by atoms with van der Waals surface area (Å²) < 4.78 is 2.21. The number of nitrogens with zero attached hydrogens (tertiary/aromatic N) is 3. The Bertz CT molecular complexity index is 1330. The van der Waals surface area contributed by atoms with Gasteiger partial charge in [0.1, 0.15) is 0 Å². The van der Waals surface area contributed by atoms with E-state index in [1.165, 1.54) is 11.3 Å². The number of imidazole rings is 1. The lowest BCUT2D eigenvalue weighted by Crippen LogP contribution is -2.29. The Morgan fingerprint density at radius 1 is 0.818 bits per heavy atom. The minimum Gasteiger partial charge on any atom is -0.329 e. The third-order valence-electron chi connectivity index (χ3n) is 5.73. The summed E-state index contributed by atoms with van der Waals surface area (Å²) in [5.74, 6) is 0.957. The second-order valence-electron chi connectivity index (χ2n) is 7.96. The number of fused-ring (bicyclic) bond motifs is 1. The number of carbonyl (C=O) groups excluding carboxylic acids is 1. The highest BCUT2D eigenvalue weighted by Gasteiger charge is 2.21. The predicted octanol–water partition coefficient (Wildman–Crippen LogP) is 6.63. The zero-order chi connectivity index (χ0) is 22.6. The molecule has 4 nitrogen and oxygen atoms in total. The molecule has 0 aliphatic rings. The molecule has 2 heterocycles. The molecule has 0 spiro atoms. The van der Waals surface area contributed by atoms with Gasteiger partial charge in [0.25, 0.3) is 5.91 Å². The van der Waals surface area contributed by atoms with Gasteiger partial charge in [-0.05, 0) is 42.3 Å². The first-order valence-corrected chi connectivity index (χ1v) is 12.0. The molecule has 5 aromatic rings. The number of carbonyl (C=O) groups is 1. The molecule has 1 amide bonds. The Balaban J connectivity index is 1.47. The monoisotopic (exact) mass is 451 g/mol. The van der Waals surface area contributed by atoms with Crippen molar-refractivity contribution >= 4 is 28.3 Å². The molecule has 0 saturated heterocycles. The van der Waals surface area contributed by atoms with Crippen molar-refractivity contribution in [2.24, 2.45) is 0 Å². The molecule has 0 N–H and O–H groups in total. The van der Waals surface area contributed by atoms with Crippen LogP contribution in [0.1, 0.15) is 27.7 Å². The fourth-order valence-corrected chi connectivity index (χ4v) is 5.09. The Kier molecular flexibility index (Phi) is 6.05. The van der Waals surface area contributed by atoms with E-state index in [9.17, 15) is 4.79 Å². The number of aryl methyl sites for hydroxylation is 1. The number of hydrogen-bond donors (Lipinski definition) is 0. The van der Waals surface area contributed by atoms with Gasteiger partial charge in [0.15, 0.2) is 5.82 Å². The lowest BCUT2D eigenvalue weighted by Gasteiger charge is -2.22. The van der Waals surface area contributed by atoms with Crippen molar-refractivity contribution in [3.05, 3.63) is 113 Å². The van der Waals surface area contributed by atoms with E-state index in [1.54, 1.807) is 0 Å². The van der Waals surface area contributed by atoms with Crippen LogP contribution < -0.4 is 0 Å². The van der Waals surface area contributed by atoms with E-state index in [-0.39, 0.29) is 5.91 Å². The first-order chi connectivity index (χ1) is 16.2. The molecular weight excluding hydrogens is 426 g/mol. The summed E-state index contributed by atoms with van der Waals surface area (Å²) in [4.78, 5) is 22.1. The van der Waals surface area contributed by atoms with Crippen molar-refractivity contribution in [1.82, 2.24) is 14.5 Å². The summed E-state index contributed by atoms with van der Waals surface area (Å²) >= 11 is 1.51. The van der Waals surface area contributed by atoms with Crippen LogP contribution in [-0.2, 0) is 19.6 Å². The average molecular weight is 452 g/mol. The van der Waals surface area contributed by atoms with Crippen molar-refractivity contribution in [3.8, 4) is 10.7 Å². The van der Waals surface area contributed by atoms with Crippen LogP contribution in [-0.4, -0.2) is 20.4 Å². The van der Waals surface area contributed by atoms with Crippen molar-refractivity contribution < 1.29 is 4.79 Å². The van der Waals surface area contributed by atoms with E-state index in [0.717, 1.165) is 44.3 Å². The maximum atomic E-state index is 13.6. The van der Waals surface area contributed by atoms with Crippen LogP contribution in [0.15, 0.2) is 97.1 Å². The Labute approximate surface area is 197 Å². The Hall–Kier alpha value is -3.70. The fraction of sp³-hybridized carbons (Fsp3) is 0.143. The SMILES string of the molecule is CCn1c(-c2ccc(C(=O)N(Cc3ccccc3)Cc3ccccc3)s2)nc2ccccc21. The third kappa shape index (κ3) is 4.45. The Morgan fingerprint density at radius 2 is 1.42 bits per heavy atom. The highest BCUT2D eigenvalue weighted by molar-refractivity contribution is 7.17. The van der Waals surface area contributed by atoms with Gasteiger partial charge in [0, 0.05) is 19.6 Å². The van der Waals surface area contributed by atoms with E-state index in [0.29, 0.717) is 13.1 Å². The molecule has 0 radical (unpaired) electrons. The molecule has 0 fully saturated rings. The van der Waals surface area contributed by atoms with E-state index in [1.807, 2.05) is 71.6 Å². The second kappa shape index (κ2) is 9.43. The minimum atomic E-state index is 0.0399. The number of rotatable bonds is 7. The molecule has 33 heavy (non-hydrogen) atoms. The van der Waals surface area contributed by atoms with Gasteiger partial charge >= 0.3 is 0 Å². The number of aromatic nitrogens is 2. The van der Waals surface area contributed by atoms with Gasteiger partial charge < -0.3 is 9.47 Å². The third-order valence-corrected chi connectivity index (χ3v) is 6.80. The second-order valence-corrected chi connectivity index (χ2v) is 9.05. The average Bonchev–Trinajstić information content (AvgIpc) is 3.49. The molecular formula is C28H25N3OS. The fourth-order valence-electron chi connectivity index (χ4n) is 4.12. The summed E-state index contributed by atoms with van der Waals surface area (Å²) in [7, 11) is 0. The number of hydrogen-bond acceptors (Lipinski definition) is 3. The first-order valence-electron chi connectivity index (χ1n) is 11.2. The van der Waals surface area contributed by atoms with Gasteiger partial charge in [0.2, 0.25) is 0 Å². The molecule has 2 aromatic heterocycles. The minimum absolute atomic E-state index is 0.0399. The molecule has 3 aromatic carbocycles. The van der Waals surface area contributed by atoms with Gasteiger partial charge in [-0.2, -0.15) is 0 Å². The lowest BCUT2D eigenvalue weighted by atomic mass is 10.1. The van der Waals surface area contributed by atoms with Crippen LogP contribution in [0.2, 0.25) is 0 Å². The van der Waals surface area contributed by atoms with E-state index >= 15 is 0 Å². The number of benzene rings is 3. The molecule has 5 heteroatoms. The molecule has 5 rings (SSSR count). The topological polar surface area (TPSA) is 38.1 Å². The van der Waals surface area contributed by atoms with Gasteiger partial charge in [-0.1, -0.05) is 72.8 Å². The zero-order valence-corrected chi connectivity index (χ0v) is 19.3. The molecule has 0 unspecified atom stereocenters. The summed E-state index contributed by atoms with van der Waals surface area (Å²) in [6, 6.07) is 32.4. The smallest absolute Gasteiger partial charge is 0.264 e. The maximum absolute atomic E-state index is 13.6. The van der Waals surface area contributed by atoms with Crippen LogP contribution in [0, 0.1) is 0 Å². The number of amides is 1. The molecule has 0 bridgehead atoms. The molecule has 0 aliphatic heterocycles. The summed E-state index contributed by atoms with van der Waals surface area (Å²) in [6.45, 7) is 4.08. The predicted molar refractivity (Wildman–Crippen MR) is 135 cm³/mol. The summed E-state index contributed by atoms with van der Waals surface area (Å²) in [6.07, 6.45) is 0. The summed E-state index contributed by atoms with van der Waals surface area (Å²) in [5, 5.41) is 0. The maximum Gasteiger partial charge on any atom is 0.264 e. The van der Waals surface area contributed by atoms with Crippen molar-refractivity contribution in [1.29, 1.82) is 0 Å². The quantitative estimate of drug-likeness (QED) is 0.279. The van der Waals surface area contributed by atoms with Crippen molar-refractivity contribution in [2.45, 2.75) is 26.6 Å². The molecule has 0 saturated carbocycles. The van der Waals surface area contributed by atoms with Crippen LogP contribution in [0.5, 0.6) is 0 Å². The van der Waals surface area contributed by atoms with Crippen molar-refractivity contribution in [2.75, 3.05) is 0 Å². The van der Waals surface area contributed by atoms with Crippen LogP contribution >= 0.6 is 11.3 Å². The standard InChI is InChI=1S/C28H25N3OS/c1-2-31-24-16-10-9-15-23(24)29-27(31)25-17-18-26(33-25)28(32)30(19-21-11-5-3-6-12-21)20-22-13-7-4-8-14-22/h3-18H,2,19-20H2,1H3. The van der Waals surface area contributed by atoms with Crippen molar-refractivity contribution in [3.63, 3.8) is 0 Å². The normalized spacial score (nSPS) is 11.1.